The normalized spacial score (nSPS) is 10.5. The lowest BCUT2D eigenvalue weighted by atomic mass is 10.0. The second-order valence-corrected chi connectivity index (χ2v) is 5.14. The Bertz CT molecular complexity index is 670. The molecule has 0 heterocycles. The van der Waals surface area contributed by atoms with E-state index in [1.807, 2.05) is 26.0 Å². The Labute approximate surface area is 128 Å². The molecule has 0 aliphatic carbocycles. The average Bonchev–Trinajstić information content (AvgIpc) is 2.47. The summed E-state index contributed by atoms with van der Waals surface area (Å²) in [5, 5.41) is 3.50. The Kier molecular flexibility index (Phi) is 4.97. The number of hydrogen-bond acceptors (Lipinski definition) is 1. The van der Waals surface area contributed by atoms with Crippen LogP contribution in [0.4, 0.5) is 10.1 Å². The molecule has 0 aliphatic rings. The van der Waals surface area contributed by atoms with Crippen LogP contribution in [0.2, 0.25) is 5.02 Å². The van der Waals surface area contributed by atoms with Crippen molar-refractivity contribution in [2.24, 2.45) is 0 Å². The Hall–Kier alpha value is -1.87. The summed E-state index contributed by atoms with van der Waals surface area (Å²) in [5.41, 5.74) is 2.95. The third-order valence-electron chi connectivity index (χ3n) is 3.40. The largest absolute Gasteiger partial charge is 0.321 e. The maximum absolute atomic E-state index is 13.2. The van der Waals surface area contributed by atoms with E-state index in [4.69, 9.17) is 11.6 Å². The molecule has 2 aromatic rings. The monoisotopic (exact) mass is 305 g/mol. The van der Waals surface area contributed by atoms with E-state index in [1.165, 1.54) is 18.2 Å². The molecular weight excluding hydrogens is 289 g/mol. The molecule has 2 aromatic carbocycles. The van der Waals surface area contributed by atoms with Crippen molar-refractivity contribution in [1.29, 1.82) is 0 Å². The van der Waals surface area contributed by atoms with Crippen LogP contribution < -0.4 is 5.32 Å². The van der Waals surface area contributed by atoms with Crippen LogP contribution in [0, 0.1) is 5.82 Å². The Morgan fingerprint density at radius 3 is 2.57 bits per heavy atom. The quantitative estimate of drug-likeness (QED) is 0.859. The number of amides is 1. The van der Waals surface area contributed by atoms with E-state index >= 15 is 0 Å². The molecule has 4 heteroatoms. The second-order valence-electron chi connectivity index (χ2n) is 4.73. The van der Waals surface area contributed by atoms with E-state index < -0.39 is 5.82 Å². The van der Waals surface area contributed by atoms with Gasteiger partial charge in [-0.2, -0.15) is 0 Å². The molecule has 1 N–H and O–H groups in total. The first kappa shape index (κ1) is 15.5. The van der Waals surface area contributed by atoms with Crippen molar-refractivity contribution in [3.63, 3.8) is 0 Å². The summed E-state index contributed by atoms with van der Waals surface area (Å²) in [6, 6.07) is 9.38. The minimum absolute atomic E-state index is 0.291. The van der Waals surface area contributed by atoms with Gasteiger partial charge in [-0.25, -0.2) is 4.39 Å². The van der Waals surface area contributed by atoms with E-state index in [0.29, 0.717) is 17.0 Å². The lowest BCUT2D eigenvalue weighted by molar-refractivity contribution is 0.102. The van der Waals surface area contributed by atoms with Gasteiger partial charge < -0.3 is 5.32 Å². The number of nitrogens with one attached hydrogen (secondary N) is 1. The number of carbonyl (C=O) groups excluding carboxylic acids is 1. The highest BCUT2D eigenvalue weighted by molar-refractivity contribution is 6.32. The molecule has 0 aliphatic heterocycles. The van der Waals surface area contributed by atoms with Gasteiger partial charge in [-0.1, -0.05) is 37.6 Å². The number of aryl methyl sites for hydroxylation is 1. The Balaban J connectivity index is 2.38. The molecule has 0 radical (unpaired) electrons. The average molecular weight is 306 g/mol. The first-order chi connectivity index (χ1) is 10.1. The van der Waals surface area contributed by atoms with Crippen molar-refractivity contribution in [3.8, 4) is 0 Å². The molecule has 0 fully saturated rings. The van der Waals surface area contributed by atoms with Crippen molar-refractivity contribution < 1.29 is 9.18 Å². The van der Waals surface area contributed by atoms with Crippen molar-refractivity contribution >= 4 is 23.2 Å². The summed E-state index contributed by atoms with van der Waals surface area (Å²) in [7, 11) is 0. The zero-order chi connectivity index (χ0) is 15.4. The summed E-state index contributed by atoms with van der Waals surface area (Å²) < 4.78 is 13.2. The Morgan fingerprint density at radius 1 is 1.19 bits per heavy atom. The van der Waals surface area contributed by atoms with E-state index in [9.17, 15) is 9.18 Å². The number of rotatable bonds is 4. The molecular formula is C17H17ClFNO. The van der Waals surface area contributed by atoms with E-state index in [1.54, 1.807) is 6.07 Å². The van der Waals surface area contributed by atoms with Crippen LogP contribution >= 0.6 is 11.6 Å². The topological polar surface area (TPSA) is 29.1 Å². The molecule has 0 bridgehead atoms. The van der Waals surface area contributed by atoms with Crippen LogP contribution in [0.15, 0.2) is 36.4 Å². The molecule has 2 rings (SSSR count). The maximum atomic E-state index is 13.2. The summed E-state index contributed by atoms with van der Waals surface area (Å²) in [4.78, 5) is 12.3. The van der Waals surface area contributed by atoms with Gasteiger partial charge in [0.1, 0.15) is 5.82 Å². The van der Waals surface area contributed by atoms with E-state index in [2.05, 4.69) is 5.32 Å². The molecule has 0 saturated heterocycles. The first-order valence-electron chi connectivity index (χ1n) is 6.94. The van der Waals surface area contributed by atoms with Gasteiger partial charge >= 0.3 is 0 Å². The van der Waals surface area contributed by atoms with Crippen LogP contribution in [0.3, 0.4) is 0 Å². The van der Waals surface area contributed by atoms with Crippen LogP contribution in [-0.2, 0) is 12.8 Å². The smallest absolute Gasteiger partial charge is 0.255 e. The van der Waals surface area contributed by atoms with Crippen LogP contribution in [-0.4, -0.2) is 5.91 Å². The lowest BCUT2D eigenvalue weighted by Crippen LogP contribution is -2.15. The maximum Gasteiger partial charge on any atom is 0.255 e. The SMILES string of the molecule is CCc1ccc(Cl)c(CC)c1NC(=O)c1cccc(F)c1. The van der Waals surface area contributed by atoms with Crippen LogP contribution in [0.1, 0.15) is 35.3 Å². The predicted molar refractivity (Wildman–Crippen MR) is 84.6 cm³/mol. The summed E-state index contributed by atoms with van der Waals surface area (Å²) >= 11 is 6.20. The summed E-state index contributed by atoms with van der Waals surface area (Å²) in [6.07, 6.45) is 1.49. The number of benzene rings is 2. The standard InChI is InChI=1S/C17H17ClFNO/c1-3-11-8-9-15(18)14(4-2)16(11)20-17(21)12-6-5-7-13(19)10-12/h5-10H,3-4H2,1-2H3,(H,20,21). The molecule has 0 unspecified atom stereocenters. The number of anilines is 1. The van der Waals surface area contributed by atoms with Crippen LogP contribution in [0.5, 0.6) is 0 Å². The van der Waals surface area contributed by atoms with Gasteiger partial charge in [-0.3, -0.25) is 4.79 Å². The highest BCUT2D eigenvalue weighted by Gasteiger charge is 2.14. The molecule has 21 heavy (non-hydrogen) atoms. The molecule has 0 aromatic heterocycles. The fraction of sp³-hybridized carbons (Fsp3) is 0.235. The molecule has 0 spiro atoms. The third-order valence-corrected chi connectivity index (χ3v) is 3.76. The van der Waals surface area contributed by atoms with Crippen molar-refractivity contribution in [1.82, 2.24) is 0 Å². The van der Waals surface area contributed by atoms with Gasteiger partial charge in [0.25, 0.3) is 5.91 Å². The highest BCUT2D eigenvalue weighted by atomic mass is 35.5. The van der Waals surface area contributed by atoms with Crippen LogP contribution in [0.25, 0.3) is 0 Å². The summed E-state index contributed by atoms with van der Waals surface area (Å²) in [6.45, 7) is 4.00. The minimum atomic E-state index is -0.430. The highest BCUT2D eigenvalue weighted by Crippen LogP contribution is 2.29. The van der Waals surface area contributed by atoms with E-state index in [-0.39, 0.29) is 5.91 Å². The van der Waals surface area contributed by atoms with Gasteiger partial charge in [0.2, 0.25) is 0 Å². The molecule has 0 atom stereocenters. The van der Waals surface area contributed by atoms with Gasteiger partial charge in [0.05, 0.1) is 0 Å². The lowest BCUT2D eigenvalue weighted by Gasteiger charge is -2.16. The first-order valence-corrected chi connectivity index (χ1v) is 7.31. The Morgan fingerprint density at radius 2 is 1.95 bits per heavy atom. The summed E-state index contributed by atoms with van der Waals surface area (Å²) in [5.74, 6) is -0.763. The number of halogens is 2. The predicted octanol–water partition coefficient (Wildman–Crippen LogP) is 4.86. The van der Waals surface area contributed by atoms with Crippen molar-refractivity contribution in [2.45, 2.75) is 26.7 Å². The number of carbonyl (C=O) groups is 1. The zero-order valence-corrected chi connectivity index (χ0v) is 12.8. The second kappa shape index (κ2) is 6.72. The molecule has 110 valence electrons. The zero-order valence-electron chi connectivity index (χ0n) is 12.0. The fourth-order valence-corrected chi connectivity index (χ4v) is 2.57. The molecule has 0 saturated carbocycles. The van der Waals surface area contributed by atoms with Gasteiger partial charge in [0.15, 0.2) is 0 Å². The third kappa shape index (κ3) is 3.42. The fourth-order valence-electron chi connectivity index (χ4n) is 2.28. The van der Waals surface area contributed by atoms with E-state index in [0.717, 1.165) is 23.2 Å². The minimum Gasteiger partial charge on any atom is -0.321 e. The molecule has 1 amide bonds. The molecule has 2 nitrogen and oxygen atoms in total. The number of hydrogen-bond donors (Lipinski definition) is 1. The van der Waals surface area contributed by atoms with Crippen molar-refractivity contribution in [2.75, 3.05) is 5.32 Å². The van der Waals surface area contributed by atoms with Crippen molar-refractivity contribution in [3.05, 3.63) is 63.9 Å². The van der Waals surface area contributed by atoms with Gasteiger partial charge in [0, 0.05) is 16.3 Å². The van der Waals surface area contributed by atoms with Gasteiger partial charge in [-0.05, 0) is 48.2 Å². The van der Waals surface area contributed by atoms with Gasteiger partial charge in [-0.15, -0.1) is 0 Å².